The van der Waals surface area contributed by atoms with Gasteiger partial charge in [-0.1, -0.05) is 41.9 Å². The molecular formula is C22H27ClN4O4. The Hall–Kier alpha value is -2.87. The van der Waals surface area contributed by atoms with Gasteiger partial charge in [-0.3, -0.25) is 9.88 Å². The predicted octanol–water partition coefficient (Wildman–Crippen LogP) is 4.67. The van der Waals surface area contributed by atoms with E-state index in [1.54, 1.807) is 4.90 Å². The van der Waals surface area contributed by atoms with Gasteiger partial charge in [0.05, 0.1) is 18.4 Å². The van der Waals surface area contributed by atoms with Crippen molar-refractivity contribution in [1.29, 1.82) is 0 Å². The maximum atomic E-state index is 13.1. The van der Waals surface area contributed by atoms with Crippen LogP contribution < -0.4 is 4.90 Å². The van der Waals surface area contributed by atoms with E-state index in [0.29, 0.717) is 25.9 Å². The molecule has 2 heterocycles. The number of piperidine rings is 1. The normalized spacial score (nSPS) is 16.5. The highest BCUT2D eigenvalue weighted by atomic mass is 35.5. The van der Waals surface area contributed by atoms with E-state index in [2.05, 4.69) is 9.97 Å². The number of carbonyl (C=O) groups excluding carboxylic acids is 2. The van der Waals surface area contributed by atoms with E-state index in [1.165, 1.54) is 17.3 Å². The monoisotopic (exact) mass is 446 g/mol. The van der Waals surface area contributed by atoms with Gasteiger partial charge in [0.1, 0.15) is 17.4 Å². The van der Waals surface area contributed by atoms with Gasteiger partial charge in [0, 0.05) is 13.1 Å². The molecule has 8 nitrogen and oxygen atoms in total. The summed E-state index contributed by atoms with van der Waals surface area (Å²) in [6.45, 7) is 6.43. The largest absolute Gasteiger partial charge is 0.444 e. The Morgan fingerprint density at radius 3 is 2.65 bits per heavy atom. The SMILES string of the molecule is CC(C)(C)OC(=O)N1CCCC(N(C(=O)OCc2ccccc2)c2cncc(Cl)n2)C1. The maximum Gasteiger partial charge on any atom is 0.416 e. The summed E-state index contributed by atoms with van der Waals surface area (Å²) >= 11 is 6.02. The van der Waals surface area contributed by atoms with Gasteiger partial charge < -0.3 is 14.4 Å². The number of ether oxygens (including phenoxy) is 2. The Bertz CT molecular complexity index is 904. The first-order valence-electron chi connectivity index (χ1n) is 10.2. The third kappa shape index (κ3) is 6.55. The van der Waals surface area contributed by atoms with Crippen LogP contribution in [0.1, 0.15) is 39.2 Å². The fourth-order valence-electron chi connectivity index (χ4n) is 3.32. The average Bonchev–Trinajstić information content (AvgIpc) is 2.72. The fourth-order valence-corrected chi connectivity index (χ4v) is 3.47. The van der Waals surface area contributed by atoms with Crippen LogP contribution in [0.3, 0.4) is 0 Å². The van der Waals surface area contributed by atoms with Gasteiger partial charge >= 0.3 is 12.2 Å². The van der Waals surface area contributed by atoms with Gasteiger partial charge in [-0.2, -0.15) is 0 Å². The van der Waals surface area contributed by atoms with Gasteiger partial charge in [-0.15, -0.1) is 0 Å². The molecule has 0 radical (unpaired) electrons. The lowest BCUT2D eigenvalue weighted by atomic mass is 10.0. The molecule has 0 bridgehead atoms. The van der Waals surface area contributed by atoms with E-state index >= 15 is 0 Å². The standard InChI is InChI=1S/C22H27ClN4O4/c1-22(2,3)31-20(28)26-11-7-10-17(14-26)27(19-13-24-12-18(23)25-19)21(29)30-15-16-8-5-4-6-9-16/h4-6,8-9,12-13,17H,7,10-11,14-15H2,1-3H3. The minimum absolute atomic E-state index is 0.118. The quantitative estimate of drug-likeness (QED) is 0.678. The molecule has 1 saturated heterocycles. The molecule has 1 fully saturated rings. The molecule has 1 atom stereocenters. The highest BCUT2D eigenvalue weighted by Gasteiger charge is 2.35. The van der Waals surface area contributed by atoms with Crippen molar-refractivity contribution in [2.45, 2.75) is 51.9 Å². The van der Waals surface area contributed by atoms with E-state index < -0.39 is 17.8 Å². The van der Waals surface area contributed by atoms with Crippen LogP contribution in [-0.2, 0) is 16.1 Å². The fraction of sp³-hybridized carbons (Fsp3) is 0.455. The molecule has 9 heteroatoms. The first-order valence-corrected chi connectivity index (χ1v) is 10.6. The van der Waals surface area contributed by atoms with E-state index in [-0.39, 0.29) is 23.6 Å². The molecule has 1 unspecified atom stereocenters. The van der Waals surface area contributed by atoms with Crippen LogP contribution >= 0.6 is 11.6 Å². The van der Waals surface area contributed by atoms with Gasteiger partial charge in [0.25, 0.3) is 0 Å². The van der Waals surface area contributed by atoms with Crippen LogP contribution in [0.2, 0.25) is 5.15 Å². The second kappa shape index (κ2) is 9.96. The zero-order valence-electron chi connectivity index (χ0n) is 18.0. The Morgan fingerprint density at radius 1 is 1.23 bits per heavy atom. The van der Waals surface area contributed by atoms with Crippen LogP contribution in [0, 0.1) is 0 Å². The molecule has 2 aromatic rings. The molecule has 1 aromatic carbocycles. The minimum atomic E-state index is -0.600. The predicted molar refractivity (Wildman–Crippen MR) is 117 cm³/mol. The first-order chi connectivity index (χ1) is 14.7. The maximum absolute atomic E-state index is 13.1. The van der Waals surface area contributed by atoms with Gasteiger partial charge in [-0.05, 0) is 39.2 Å². The second-order valence-corrected chi connectivity index (χ2v) is 8.72. The number of halogens is 1. The van der Waals surface area contributed by atoms with E-state index in [4.69, 9.17) is 21.1 Å². The van der Waals surface area contributed by atoms with Crippen LogP contribution in [0.15, 0.2) is 42.7 Å². The smallest absolute Gasteiger partial charge is 0.416 e. The zero-order chi connectivity index (χ0) is 22.4. The van der Waals surface area contributed by atoms with Crippen molar-refractivity contribution < 1.29 is 19.1 Å². The Morgan fingerprint density at radius 2 is 1.97 bits per heavy atom. The topological polar surface area (TPSA) is 84.9 Å². The molecule has 3 rings (SSSR count). The van der Waals surface area contributed by atoms with Crippen molar-refractivity contribution in [3.8, 4) is 0 Å². The van der Waals surface area contributed by atoms with E-state index in [1.807, 2.05) is 51.1 Å². The molecule has 1 aliphatic rings. The number of nitrogens with zero attached hydrogens (tertiary/aromatic N) is 4. The molecule has 1 aliphatic heterocycles. The van der Waals surface area contributed by atoms with Crippen LogP contribution in [0.4, 0.5) is 15.4 Å². The summed E-state index contributed by atoms with van der Waals surface area (Å²) < 4.78 is 11.1. The van der Waals surface area contributed by atoms with Crippen molar-refractivity contribution in [2.75, 3.05) is 18.0 Å². The Labute approximate surface area is 187 Å². The molecule has 1 aromatic heterocycles. The Kier molecular flexibility index (Phi) is 7.33. The lowest BCUT2D eigenvalue weighted by Gasteiger charge is -2.38. The number of amides is 2. The third-order valence-corrected chi connectivity index (χ3v) is 4.84. The number of carbonyl (C=O) groups is 2. The lowest BCUT2D eigenvalue weighted by Crippen LogP contribution is -2.53. The van der Waals surface area contributed by atoms with E-state index in [9.17, 15) is 9.59 Å². The summed E-state index contributed by atoms with van der Waals surface area (Å²) in [6, 6.07) is 9.06. The summed E-state index contributed by atoms with van der Waals surface area (Å²) in [5, 5.41) is 0.165. The van der Waals surface area contributed by atoms with Crippen molar-refractivity contribution in [3.05, 3.63) is 53.4 Å². The van der Waals surface area contributed by atoms with Crippen molar-refractivity contribution in [3.63, 3.8) is 0 Å². The highest BCUT2D eigenvalue weighted by molar-refractivity contribution is 6.29. The highest BCUT2D eigenvalue weighted by Crippen LogP contribution is 2.24. The number of benzene rings is 1. The van der Waals surface area contributed by atoms with Crippen molar-refractivity contribution in [1.82, 2.24) is 14.9 Å². The minimum Gasteiger partial charge on any atom is -0.444 e. The summed E-state index contributed by atoms with van der Waals surface area (Å²) in [4.78, 5) is 37.0. The number of hydrogen-bond donors (Lipinski definition) is 0. The molecule has 31 heavy (non-hydrogen) atoms. The Balaban J connectivity index is 1.78. The number of aromatic nitrogens is 2. The summed E-state index contributed by atoms with van der Waals surface area (Å²) in [5.41, 5.74) is 0.267. The molecule has 0 spiro atoms. The molecular weight excluding hydrogens is 420 g/mol. The van der Waals surface area contributed by atoms with Gasteiger partial charge in [-0.25, -0.2) is 14.6 Å². The average molecular weight is 447 g/mol. The van der Waals surface area contributed by atoms with Crippen molar-refractivity contribution in [2.24, 2.45) is 0 Å². The molecule has 166 valence electrons. The molecule has 0 aliphatic carbocycles. The van der Waals surface area contributed by atoms with Crippen LogP contribution in [-0.4, -0.2) is 51.8 Å². The number of rotatable bonds is 4. The molecule has 0 N–H and O–H groups in total. The number of likely N-dealkylation sites (tertiary alicyclic amines) is 1. The van der Waals surface area contributed by atoms with Crippen LogP contribution in [0.25, 0.3) is 0 Å². The molecule has 2 amide bonds. The van der Waals surface area contributed by atoms with Gasteiger partial charge in [0.15, 0.2) is 5.82 Å². The lowest BCUT2D eigenvalue weighted by molar-refractivity contribution is 0.0195. The second-order valence-electron chi connectivity index (χ2n) is 8.33. The first kappa shape index (κ1) is 22.8. The van der Waals surface area contributed by atoms with Gasteiger partial charge in [0.2, 0.25) is 0 Å². The molecule has 0 saturated carbocycles. The zero-order valence-corrected chi connectivity index (χ0v) is 18.7. The summed E-state index contributed by atoms with van der Waals surface area (Å²) in [7, 11) is 0. The summed E-state index contributed by atoms with van der Waals surface area (Å²) in [6.07, 6.45) is 3.26. The summed E-state index contributed by atoms with van der Waals surface area (Å²) in [5.74, 6) is 0.279. The third-order valence-electron chi connectivity index (χ3n) is 4.65. The van der Waals surface area contributed by atoms with E-state index in [0.717, 1.165) is 5.56 Å². The van der Waals surface area contributed by atoms with Crippen LogP contribution in [0.5, 0.6) is 0 Å². The number of anilines is 1. The van der Waals surface area contributed by atoms with Crippen molar-refractivity contribution >= 4 is 29.6 Å². The number of hydrogen-bond acceptors (Lipinski definition) is 6.